The van der Waals surface area contributed by atoms with Crippen LogP contribution < -0.4 is 0 Å². The van der Waals surface area contributed by atoms with Crippen molar-refractivity contribution in [1.29, 1.82) is 0 Å². The lowest BCUT2D eigenvalue weighted by atomic mass is 10.2. The van der Waals surface area contributed by atoms with Crippen LogP contribution in [0.5, 0.6) is 0 Å². The van der Waals surface area contributed by atoms with Gasteiger partial charge in [-0.15, -0.1) is 0 Å². The van der Waals surface area contributed by atoms with Crippen molar-refractivity contribution in [2.24, 2.45) is 0 Å². The van der Waals surface area contributed by atoms with Crippen LogP contribution in [0.4, 0.5) is 0 Å². The third kappa shape index (κ3) is 1.83. The second kappa shape index (κ2) is 3.73. The first-order valence-electron chi connectivity index (χ1n) is 4.84. The topological polar surface area (TPSA) is 43.6 Å². The van der Waals surface area contributed by atoms with Gasteiger partial charge in [-0.25, -0.2) is 9.31 Å². The van der Waals surface area contributed by atoms with Gasteiger partial charge in [0.15, 0.2) is 5.69 Å². The number of nitrogens with zero attached hydrogens (tertiary/aromatic N) is 2. The minimum Gasteiger partial charge on any atom is -0.461 e. The molecule has 0 amide bonds. The average Bonchev–Trinajstić information content (AvgIpc) is 2.60. The maximum atomic E-state index is 11.4. The molecule has 78 valence electrons. The number of hydrogen-bond donors (Lipinski definition) is 0. The van der Waals surface area contributed by atoms with Crippen molar-refractivity contribution in [2.45, 2.75) is 13.8 Å². The van der Waals surface area contributed by atoms with Crippen LogP contribution in [0.15, 0.2) is 24.4 Å². The summed E-state index contributed by atoms with van der Waals surface area (Å²) in [5.74, 6) is -0.376. The van der Waals surface area contributed by atoms with Gasteiger partial charge < -0.3 is 4.74 Å². The van der Waals surface area contributed by atoms with Crippen LogP contribution in [-0.4, -0.2) is 22.2 Å². The SMILES string of the molecule is CCOC(=O)c1cc2cc(C)ccn2n1. The lowest BCUT2D eigenvalue weighted by Crippen LogP contribution is -2.05. The lowest BCUT2D eigenvalue weighted by molar-refractivity contribution is 0.0519. The van der Waals surface area contributed by atoms with E-state index in [-0.39, 0.29) is 5.97 Å². The van der Waals surface area contributed by atoms with Crippen LogP contribution >= 0.6 is 0 Å². The normalized spacial score (nSPS) is 10.5. The highest BCUT2D eigenvalue weighted by Gasteiger charge is 2.11. The molecule has 0 aliphatic carbocycles. The summed E-state index contributed by atoms with van der Waals surface area (Å²) in [6.45, 7) is 4.14. The van der Waals surface area contributed by atoms with Crippen molar-refractivity contribution in [2.75, 3.05) is 6.61 Å². The third-order valence-electron chi connectivity index (χ3n) is 2.10. The molecule has 4 nitrogen and oxygen atoms in total. The van der Waals surface area contributed by atoms with Crippen LogP contribution in [0.25, 0.3) is 5.52 Å². The summed E-state index contributed by atoms with van der Waals surface area (Å²) in [5.41, 5.74) is 2.39. The van der Waals surface area contributed by atoms with E-state index in [0.717, 1.165) is 11.1 Å². The Kier molecular flexibility index (Phi) is 2.41. The summed E-state index contributed by atoms with van der Waals surface area (Å²) in [5, 5.41) is 4.11. The Morgan fingerprint density at radius 3 is 3.07 bits per heavy atom. The number of hydrogen-bond acceptors (Lipinski definition) is 3. The molecule has 2 heterocycles. The van der Waals surface area contributed by atoms with Gasteiger partial charge in [0.2, 0.25) is 0 Å². The van der Waals surface area contributed by atoms with Crippen LogP contribution in [-0.2, 0) is 4.74 Å². The Hall–Kier alpha value is -1.84. The van der Waals surface area contributed by atoms with Gasteiger partial charge in [0, 0.05) is 6.20 Å². The van der Waals surface area contributed by atoms with E-state index in [1.807, 2.05) is 25.3 Å². The van der Waals surface area contributed by atoms with Crippen molar-refractivity contribution in [1.82, 2.24) is 9.61 Å². The molecule has 0 saturated carbocycles. The zero-order valence-electron chi connectivity index (χ0n) is 8.73. The Labute approximate surface area is 87.5 Å². The smallest absolute Gasteiger partial charge is 0.358 e. The Morgan fingerprint density at radius 2 is 2.33 bits per heavy atom. The molecule has 0 aliphatic rings. The summed E-state index contributed by atoms with van der Waals surface area (Å²) in [6.07, 6.45) is 1.83. The fourth-order valence-corrected chi connectivity index (χ4v) is 1.41. The quantitative estimate of drug-likeness (QED) is 0.701. The fraction of sp³-hybridized carbons (Fsp3) is 0.273. The molecule has 0 saturated heterocycles. The van der Waals surface area contributed by atoms with Crippen molar-refractivity contribution >= 4 is 11.5 Å². The Morgan fingerprint density at radius 1 is 1.53 bits per heavy atom. The summed E-state index contributed by atoms with van der Waals surface area (Å²) in [4.78, 5) is 11.4. The second-order valence-corrected chi connectivity index (χ2v) is 3.32. The predicted molar refractivity (Wildman–Crippen MR) is 55.9 cm³/mol. The van der Waals surface area contributed by atoms with Gasteiger partial charge >= 0.3 is 5.97 Å². The summed E-state index contributed by atoms with van der Waals surface area (Å²) in [7, 11) is 0. The molecule has 0 unspecified atom stereocenters. The van der Waals surface area contributed by atoms with Gasteiger partial charge in [-0.2, -0.15) is 5.10 Å². The molecule has 4 heteroatoms. The lowest BCUT2D eigenvalue weighted by Gasteiger charge is -1.95. The molecule has 2 rings (SSSR count). The molecule has 0 spiro atoms. The molecule has 0 radical (unpaired) electrons. The maximum absolute atomic E-state index is 11.4. The molecule has 0 bridgehead atoms. The highest BCUT2D eigenvalue weighted by Crippen LogP contribution is 2.09. The van der Waals surface area contributed by atoms with Gasteiger partial charge in [0.05, 0.1) is 12.1 Å². The minimum atomic E-state index is -0.376. The molecule has 0 atom stereocenters. The van der Waals surface area contributed by atoms with Gasteiger partial charge in [-0.3, -0.25) is 0 Å². The second-order valence-electron chi connectivity index (χ2n) is 3.32. The van der Waals surface area contributed by atoms with Crippen molar-refractivity contribution in [3.8, 4) is 0 Å². The molecule has 0 N–H and O–H groups in total. The molecule has 0 fully saturated rings. The van der Waals surface area contributed by atoms with Crippen molar-refractivity contribution in [3.05, 3.63) is 35.7 Å². The highest BCUT2D eigenvalue weighted by atomic mass is 16.5. The van der Waals surface area contributed by atoms with E-state index < -0.39 is 0 Å². The monoisotopic (exact) mass is 204 g/mol. The number of carbonyl (C=O) groups is 1. The first-order valence-corrected chi connectivity index (χ1v) is 4.84. The zero-order chi connectivity index (χ0) is 10.8. The average molecular weight is 204 g/mol. The van der Waals surface area contributed by atoms with E-state index >= 15 is 0 Å². The van der Waals surface area contributed by atoms with E-state index in [0.29, 0.717) is 12.3 Å². The number of carbonyl (C=O) groups excluding carboxylic acids is 1. The van der Waals surface area contributed by atoms with Crippen molar-refractivity contribution in [3.63, 3.8) is 0 Å². The number of pyridine rings is 1. The Balaban J connectivity index is 2.42. The summed E-state index contributed by atoms with van der Waals surface area (Å²) < 4.78 is 6.54. The van der Waals surface area contributed by atoms with E-state index in [9.17, 15) is 4.79 Å². The Bertz CT molecular complexity index is 502. The molecule has 2 aromatic heterocycles. The third-order valence-corrected chi connectivity index (χ3v) is 2.10. The number of rotatable bonds is 2. The fourth-order valence-electron chi connectivity index (χ4n) is 1.41. The zero-order valence-corrected chi connectivity index (χ0v) is 8.73. The summed E-state index contributed by atoms with van der Waals surface area (Å²) in [6, 6.07) is 5.63. The first kappa shape index (κ1) is 9.71. The van der Waals surface area contributed by atoms with Crippen molar-refractivity contribution < 1.29 is 9.53 Å². The van der Waals surface area contributed by atoms with Gasteiger partial charge in [0.25, 0.3) is 0 Å². The number of aromatic nitrogens is 2. The number of esters is 1. The van der Waals surface area contributed by atoms with Gasteiger partial charge in [-0.1, -0.05) is 0 Å². The van der Waals surface area contributed by atoms with Crippen LogP contribution in [0, 0.1) is 6.92 Å². The molecule has 2 aromatic rings. The molecule has 0 aliphatic heterocycles. The van der Waals surface area contributed by atoms with Crippen LogP contribution in [0.1, 0.15) is 23.0 Å². The molecular formula is C11H12N2O2. The number of fused-ring (bicyclic) bond motifs is 1. The highest BCUT2D eigenvalue weighted by molar-refractivity contribution is 5.88. The van der Waals surface area contributed by atoms with Crippen LogP contribution in [0.3, 0.4) is 0 Å². The van der Waals surface area contributed by atoms with Gasteiger partial charge in [0.1, 0.15) is 0 Å². The first-order chi connectivity index (χ1) is 7.20. The van der Waals surface area contributed by atoms with E-state index in [4.69, 9.17) is 4.74 Å². The van der Waals surface area contributed by atoms with E-state index in [1.54, 1.807) is 17.5 Å². The number of ether oxygens (including phenoxy) is 1. The molecule has 15 heavy (non-hydrogen) atoms. The minimum absolute atomic E-state index is 0.349. The molecular weight excluding hydrogens is 192 g/mol. The maximum Gasteiger partial charge on any atom is 0.358 e. The number of aryl methyl sites for hydroxylation is 1. The van der Waals surface area contributed by atoms with E-state index in [2.05, 4.69) is 5.10 Å². The van der Waals surface area contributed by atoms with E-state index in [1.165, 1.54) is 0 Å². The predicted octanol–water partition coefficient (Wildman–Crippen LogP) is 1.82. The standard InChI is InChI=1S/C11H12N2O2/c1-3-15-11(14)10-7-9-6-8(2)4-5-13(9)12-10/h4-7H,3H2,1-2H3. The molecule has 0 aromatic carbocycles. The van der Waals surface area contributed by atoms with Crippen LogP contribution in [0.2, 0.25) is 0 Å². The van der Waals surface area contributed by atoms with Gasteiger partial charge in [-0.05, 0) is 37.6 Å². The largest absolute Gasteiger partial charge is 0.461 e. The summed E-state index contributed by atoms with van der Waals surface area (Å²) >= 11 is 0.